The van der Waals surface area contributed by atoms with Gasteiger partial charge in [0.25, 0.3) is 5.91 Å². The number of anilines is 1. The van der Waals surface area contributed by atoms with Gasteiger partial charge in [-0.05, 0) is 49.2 Å². The van der Waals surface area contributed by atoms with E-state index in [-0.39, 0.29) is 24.3 Å². The number of carbonyl (C=O) groups is 2. The van der Waals surface area contributed by atoms with Crippen molar-refractivity contribution in [2.24, 2.45) is 10.1 Å². The quantitative estimate of drug-likeness (QED) is 0.442. The van der Waals surface area contributed by atoms with Gasteiger partial charge in [0.1, 0.15) is 5.25 Å². The van der Waals surface area contributed by atoms with Gasteiger partial charge in [0.05, 0.1) is 11.8 Å². The van der Waals surface area contributed by atoms with Crippen molar-refractivity contribution >= 4 is 51.7 Å². The van der Waals surface area contributed by atoms with Crippen molar-refractivity contribution in [1.29, 1.82) is 0 Å². The van der Waals surface area contributed by atoms with Crippen molar-refractivity contribution in [1.82, 2.24) is 5.01 Å². The van der Waals surface area contributed by atoms with Gasteiger partial charge in [0.15, 0.2) is 5.17 Å². The molecule has 6 nitrogen and oxygen atoms in total. The molecule has 2 atom stereocenters. The molecular weight excluding hydrogens is 492 g/mol. The number of rotatable bonds is 5. The fourth-order valence-corrected chi connectivity index (χ4v) is 5.45. The summed E-state index contributed by atoms with van der Waals surface area (Å²) in [5, 5.41) is 10.2. The number of nitrogens with zero attached hydrogens (tertiary/aromatic N) is 3. The molecule has 3 aromatic rings. The van der Waals surface area contributed by atoms with Crippen LogP contribution in [0.2, 0.25) is 5.02 Å². The molecular formula is C28H25ClN4O2S. The summed E-state index contributed by atoms with van der Waals surface area (Å²) in [5.41, 5.74) is 5.94. The molecule has 0 radical (unpaired) electrons. The Labute approximate surface area is 219 Å². The number of thioether (sulfide) groups is 1. The number of benzene rings is 3. The van der Waals surface area contributed by atoms with Gasteiger partial charge in [-0.25, -0.2) is 5.01 Å². The number of aliphatic imine (C=N–C) groups is 1. The number of hydrogen-bond acceptors (Lipinski definition) is 5. The molecule has 2 aliphatic rings. The molecule has 36 heavy (non-hydrogen) atoms. The van der Waals surface area contributed by atoms with Crippen molar-refractivity contribution < 1.29 is 9.59 Å². The molecule has 5 rings (SSSR count). The van der Waals surface area contributed by atoms with E-state index in [0.29, 0.717) is 22.3 Å². The third kappa shape index (κ3) is 5.37. The zero-order valence-electron chi connectivity index (χ0n) is 19.9. The van der Waals surface area contributed by atoms with Gasteiger partial charge in [-0.1, -0.05) is 83.0 Å². The molecule has 182 valence electrons. The second kappa shape index (κ2) is 10.3. The third-order valence-electron chi connectivity index (χ3n) is 6.15. The Bertz CT molecular complexity index is 1370. The lowest BCUT2D eigenvalue weighted by Crippen LogP contribution is -2.25. The highest BCUT2D eigenvalue weighted by Crippen LogP contribution is 2.39. The SMILES string of the molecule is Cc1ccc(NC(=O)C[C@@H]2SC(N3N=C(c4ccc(Cl)cc4)C[C@H]3c3cccc(C)c3)=NC2=O)cc1. The number of halogens is 1. The predicted octanol–water partition coefficient (Wildman–Crippen LogP) is 6.13. The van der Waals surface area contributed by atoms with E-state index in [0.717, 1.165) is 28.0 Å². The number of hydrogen-bond donors (Lipinski definition) is 1. The summed E-state index contributed by atoms with van der Waals surface area (Å²) in [6, 6.07) is 23.3. The number of carbonyl (C=O) groups excluding carboxylic acids is 2. The molecule has 8 heteroatoms. The second-order valence-electron chi connectivity index (χ2n) is 8.99. The van der Waals surface area contributed by atoms with Crippen LogP contribution in [0.3, 0.4) is 0 Å². The topological polar surface area (TPSA) is 74.1 Å². The molecule has 0 bridgehead atoms. The smallest absolute Gasteiger partial charge is 0.262 e. The first-order valence-corrected chi connectivity index (χ1v) is 13.0. The first-order valence-electron chi connectivity index (χ1n) is 11.7. The van der Waals surface area contributed by atoms with Gasteiger partial charge in [-0.15, -0.1) is 0 Å². The first-order chi connectivity index (χ1) is 17.4. The maximum absolute atomic E-state index is 12.8. The van der Waals surface area contributed by atoms with E-state index in [4.69, 9.17) is 16.7 Å². The summed E-state index contributed by atoms with van der Waals surface area (Å²) in [5.74, 6) is -0.532. The van der Waals surface area contributed by atoms with Crippen molar-refractivity contribution in [3.05, 3.63) is 100 Å². The lowest BCUT2D eigenvalue weighted by Gasteiger charge is -2.23. The van der Waals surface area contributed by atoms with Crippen LogP contribution in [-0.4, -0.2) is 33.0 Å². The van der Waals surface area contributed by atoms with E-state index in [1.807, 2.05) is 66.5 Å². The van der Waals surface area contributed by atoms with E-state index in [1.165, 1.54) is 11.8 Å². The molecule has 2 aliphatic heterocycles. The average molecular weight is 517 g/mol. The maximum atomic E-state index is 12.8. The molecule has 1 N–H and O–H groups in total. The molecule has 0 unspecified atom stereocenters. The zero-order valence-corrected chi connectivity index (χ0v) is 21.5. The van der Waals surface area contributed by atoms with Crippen molar-refractivity contribution in [2.45, 2.75) is 38.0 Å². The Morgan fingerprint density at radius 3 is 2.53 bits per heavy atom. The van der Waals surface area contributed by atoms with Crippen LogP contribution >= 0.6 is 23.4 Å². The summed E-state index contributed by atoms with van der Waals surface area (Å²) >= 11 is 7.38. The van der Waals surface area contributed by atoms with E-state index in [1.54, 1.807) is 0 Å². The van der Waals surface area contributed by atoms with Crippen molar-refractivity contribution in [2.75, 3.05) is 5.32 Å². The van der Waals surface area contributed by atoms with Crippen LogP contribution in [0.25, 0.3) is 0 Å². The standard InChI is InChI=1S/C28H25ClN4O2S/c1-17-6-12-22(13-7-17)30-26(34)16-25-27(35)31-28(36-25)33-24(20-5-3-4-18(2)14-20)15-23(32-33)19-8-10-21(29)11-9-19/h3-14,24-25H,15-16H2,1-2H3,(H,30,34)/t24-,25-/m0/s1. The van der Waals surface area contributed by atoms with Gasteiger partial charge in [0, 0.05) is 23.6 Å². The van der Waals surface area contributed by atoms with Gasteiger partial charge in [0.2, 0.25) is 5.91 Å². The Kier molecular flexibility index (Phi) is 6.94. The predicted molar refractivity (Wildman–Crippen MR) is 147 cm³/mol. The van der Waals surface area contributed by atoms with Crippen LogP contribution in [-0.2, 0) is 9.59 Å². The molecule has 2 heterocycles. The first kappa shape index (κ1) is 24.3. The monoisotopic (exact) mass is 516 g/mol. The summed E-state index contributed by atoms with van der Waals surface area (Å²) in [6.07, 6.45) is 0.707. The van der Waals surface area contributed by atoms with Gasteiger partial charge < -0.3 is 5.32 Å². The van der Waals surface area contributed by atoms with Gasteiger partial charge >= 0.3 is 0 Å². The van der Waals surface area contributed by atoms with Crippen LogP contribution in [0.4, 0.5) is 5.69 Å². The van der Waals surface area contributed by atoms with Gasteiger partial charge in [-0.2, -0.15) is 10.1 Å². The molecule has 0 fully saturated rings. The van der Waals surface area contributed by atoms with Crippen LogP contribution in [0, 0.1) is 13.8 Å². The molecule has 0 saturated heterocycles. The second-order valence-corrected chi connectivity index (χ2v) is 10.6. The largest absolute Gasteiger partial charge is 0.326 e. The van der Waals surface area contributed by atoms with E-state index in [2.05, 4.69) is 35.4 Å². The maximum Gasteiger partial charge on any atom is 0.262 e. The fraction of sp³-hybridized carbons (Fsp3) is 0.214. The molecule has 3 aromatic carbocycles. The third-order valence-corrected chi connectivity index (χ3v) is 7.54. The van der Waals surface area contributed by atoms with Crippen molar-refractivity contribution in [3.8, 4) is 0 Å². The number of amides is 2. The van der Waals surface area contributed by atoms with Gasteiger partial charge in [-0.3, -0.25) is 9.59 Å². The van der Waals surface area contributed by atoms with Crippen LogP contribution in [0.5, 0.6) is 0 Å². The van der Waals surface area contributed by atoms with E-state index < -0.39 is 5.25 Å². The van der Waals surface area contributed by atoms with Crippen LogP contribution < -0.4 is 5.32 Å². The lowest BCUT2D eigenvalue weighted by molar-refractivity contribution is -0.121. The molecule has 0 aliphatic carbocycles. The van der Waals surface area contributed by atoms with E-state index in [9.17, 15) is 9.59 Å². The number of amidine groups is 1. The zero-order chi connectivity index (χ0) is 25.2. The van der Waals surface area contributed by atoms with E-state index >= 15 is 0 Å². The lowest BCUT2D eigenvalue weighted by atomic mass is 9.97. The highest BCUT2D eigenvalue weighted by molar-refractivity contribution is 8.15. The summed E-state index contributed by atoms with van der Waals surface area (Å²) in [4.78, 5) is 29.7. The highest BCUT2D eigenvalue weighted by Gasteiger charge is 2.39. The Morgan fingerprint density at radius 1 is 1.06 bits per heavy atom. The van der Waals surface area contributed by atoms with Crippen LogP contribution in [0.1, 0.15) is 41.1 Å². The molecule has 0 spiro atoms. The fourth-order valence-electron chi connectivity index (χ4n) is 4.26. The molecule has 2 amide bonds. The number of nitrogens with one attached hydrogen (secondary N) is 1. The minimum absolute atomic E-state index is 0.0427. The normalized spacial score (nSPS) is 19.3. The average Bonchev–Trinajstić information content (AvgIpc) is 3.45. The van der Waals surface area contributed by atoms with Crippen LogP contribution in [0.15, 0.2) is 82.9 Å². The number of hydrazone groups is 1. The molecule has 0 aromatic heterocycles. The summed E-state index contributed by atoms with van der Waals surface area (Å²) in [6.45, 7) is 4.04. The van der Waals surface area contributed by atoms with Crippen molar-refractivity contribution in [3.63, 3.8) is 0 Å². The minimum Gasteiger partial charge on any atom is -0.326 e. The Hall–Kier alpha value is -3.42. The Morgan fingerprint density at radius 2 is 1.81 bits per heavy atom. The minimum atomic E-state index is -0.585. The molecule has 0 saturated carbocycles. The summed E-state index contributed by atoms with van der Waals surface area (Å²) < 4.78 is 0. The Balaban J connectivity index is 1.35. The highest BCUT2D eigenvalue weighted by atomic mass is 35.5. The summed E-state index contributed by atoms with van der Waals surface area (Å²) in [7, 11) is 0. The number of aryl methyl sites for hydroxylation is 2.